The van der Waals surface area contributed by atoms with E-state index in [1.165, 1.54) is 34.0 Å². The Morgan fingerprint density at radius 1 is 0.727 bits per heavy atom. The van der Waals surface area contributed by atoms with Crippen LogP contribution in [0.25, 0.3) is 17.2 Å². The van der Waals surface area contributed by atoms with Gasteiger partial charge in [0, 0.05) is 26.7 Å². The third-order valence-electron chi connectivity index (χ3n) is 7.31. The van der Waals surface area contributed by atoms with E-state index in [-0.39, 0.29) is 11.5 Å². The Morgan fingerprint density at radius 2 is 1.43 bits per heavy atom. The summed E-state index contributed by atoms with van der Waals surface area (Å²) in [6.45, 7) is 0. The summed E-state index contributed by atoms with van der Waals surface area (Å²) in [5.74, 6) is -0.502. The number of benzene rings is 5. The molecule has 0 heterocycles. The molecule has 0 spiro atoms. The van der Waals surface area contributed by atoms with Crippen molar-refractivity contribution in [3.8, 4) is 11.1 Å². The van der Waals surface area contributed by atoms with Gasteiger partial charge in [0.1, 0.15) is 5.70 Å². The van der Waals surface area contributed by atoms with Crippen molar-refractivity contribution in [2.45, 2.75) is 11.3 Å². The number of thioether (sulfide) groups is 1. The molecule has 0 fully saturated rings. The van der Waals surface area contributed by atoms with Gasteiger partial charge in [-0.3, -0.25) is 14.4 Å². The number of carbonyl (C=O) groups excluding carboxylic acids is 3. The highest BCUT2D eigenvalue weighted by atomic mass is 35.5. The monoisotopic (exact) mass is 614 g/mol. The molecule has 1 aliphatic rings. The van der Waals surface area contributed by atoms with Gasteiger partial charge in [-0.2, -0.15) is 0 Å². The van der Waals surface area contributed by atoms with Gasteiger partial charge in [0.05, 0.1) is 5.75 Å². The predicted molar refractivity (Wildman–Crippen MR) is 178 cm³/mol. The Bertz CT molecular complexity index is 1890. The second-order valence-electron chi connectivity index (χ2n) is 10.3. The Morgan fingerprint density at radius 3 is 2.20 bits per heavy atom. The van der Waals surface area contributed by atoms with Gasteiger partial charge in [-0.15, -0.1) is 11.8 Å². The molecular weight excluding hydrogens is 588 g/mol. The summed E-state index contributed by atoms with van der Waals surface area (Å²) < 4.78 is 0. The quantitative estimate of drug-likeness (QED) is 0.0976. The molecule has 44 heavy (non-hydrogen) atoms. The van der Waals surface area contributed by atoms with Crippen LogP contribution in [0.5, 0.6) is 0 Å². The fourth-order valence-corrected chi connectivity index (χ4v) is 5.97. The fraction of sp³-hybridized carbons (Fsp3) is 0.0541. The molecule has 0 saturated carbocycles. The van der Waals surface area contributed by atoms with Crippen molar-refractivity contribution in [2.24, 2.45) is 0 Å². The minimum atomic E-state index is -0.474. The van der Waals surface area contributed by atoms with Crippen molar-refractivity contribution in [2.75, 3.05) is 11.1 Å². The molecule has 0 aliphatic heterocycles. The van der Waals surface area contributed by atoms with E-state index in [4.69, 9.17) is 11.6 Å². The third-order valence-corrected chi connectivity index (χ3v) is 8.57. The third kappa shape index (κ3) is 6.83. The minimum Gasteiger partial charge on any atom is -0.321 e. The zero-order valence-electron chi connectivity index (χ0n) is 23.5. The summed E-state index contributed by atoms with van der Waals surface area (Å²) in [5, 5.41) is 6.16. The summed E-state index contributed by atoms with van der Waals surface area (Å²) in [5.41, 5.74) is 7.42. The van der Waals surface area contributed by atoms with Gasteiger partial charge < -0.3 is 10.6 Å². The molecule has 5 aromatic rings. The fourth-order valence-electron chi connectivity index (χ4n) is 5.05. The van der Waals surface area contributed by atoms with Crippen LogP contribution in [-0.4, -0.2) is 23.4 Å². The maximum Gasteiger partial charge on any atom is 0.272 e. The molecule has 5 aromatic carbocycles. The van der Waals surface area contributed by atoms with Crippen LogP contribution in [0.15, 0.2) is 132 Å². The first-order valence-corrected chi connectivity index (χ1v) is 15.4. The van der Waals surface area contributed by atoms with E-state index in [1.807, 2.05) is 42.5 Å². The molecule has 2 amide bonds. The molecule has 0 saturated heterocycles. The summed E-state index contributed by atoms with van der Waals surface area (Å²) in [4.78, 5) is 40.1. The molecule has 0 bridgehead atoms. The number of hydrogen-bond acceptors (Lipinski definition) is 4. The van der Waals surface area contributed by atoms with E-state index in [9.17, 15) is 14.4 Å². The molecule has 0 atom stereocenters. The molecule has 0 radical (unpaired) electrons. The topological polar surface area (TPSA) is 75.3 Å². The minimum absolute atomic E-state index is 0.0669. The van der Waals surface area contributed by atoms with E-state index >= 15 is 0 Å². The lowest BCUT2D eigenvalue weighted by Gasteiger charge is -2.12. The van der Waals surface area contributed by atoms with E-state index in [2.05, 4.69) is 28.8 Å². The lowest BCUT2D eigenvalue weighted by molar-refractivity contribution is -0.113. The van der Waals surface area contributed by atoms with Crippen molar-refractivity contribution < 1.29 is 14.4 Å². The Labute approximate surface area is 265 Å². The average Bonchev–Trinajstić information content (AvgIpc) is 3.43. The highest BCUT2D eigenvalue weighted by molar-refractivity contribution is 8.00. The van der Waals surface area contributed by atoms with E-state index in [0.717, 1.165) is 11.3 Å². The number of Topliss-reactive ketones (excluding diaryl/α,β-unsaturated/α-hetero) is 1. The van der Waals surface area contributed by atoms with Gasteiger partial charge in [-0.1, -0.05) is 78.3 Å². The van der Waals surface area contributed by atoms with Crippen molar-refractivity contribution >= 4 is 52.7 Å². The molecule has 1 aliphatic carbocycles. The standard InChI is InChI=1S/C37H27ClN2O3S/c38-29-13-10-24(11-14-29)20-34(40-36(42)25-6-2-1-3-7-25)37(43)39-30-15-17-31(18-16-30)44-23-35(41)27-12-19-33-28(22-27)21-26-8-4-5-9-32(26)33/h1-20,22H,21,23H2,(H,39,43)(H,40,42)/b34-20-. The van der Waals surface area contributed by atoms with Gasteiger partial charge in [-0.25, -0.2) is 0 Å². The van der Waals surface area contributed by atoms with Crippen LogP contribution in [-0.2, 0) is 11.2 Å². The Kier molecular flexibility index (Phi) is 8.73. The second-order valence-corrected chi connectivity index (χ2v) is 11.8. The SMILES string of the molecule is O=C(Nc1ccc(SCC(=O)c2ccc3c(c2)Cc2ccccc2-3)cc1)/C(=C/c1ccc(Cl)cc1)NC(=O)c1ccccc1. The number of hydrogen-bond donors (Lipinski definition) is 2. The highest BCUT2D eigenvalue weighted by Crippen LogP contribution is 2.37. The maximum atomic E-state index is 13.3. The molecule has 0 unspecified atom stereocenters. The van der Waals surface area contributed by atoms with Crippen LogP contribution >= 0.6 is 23.4 Å². The van der Waals surface area contributed by atoms with Crippen LogP contribution in [0, 0.1) is 0 Å². The largest absolute Gasteiger partial charge is 0.321 e. The first kappa shape index (κ1) is 29.2. The Hall–Kier alpha value is -4.91. The van der Waals surface area contributed by atoms with Crippen LogP contribution in [0.1, 0.15) is 37.4 Å². The van der Waals surface area contributed by atoms with Crippen molar-refractivity contribution in [3.05, 3.63) is 160 Å². The molecular formula is C37H27ClN2O3S. The van der Waals surface area contributed by atoms with Gasteiger partial charge in [0.25, 0.3) is 11.8 Å². The number of nitrogens with one attached hydrogen (secondary N) is 2. The van der Waals surface area contributed by atoms with Crippen molar-refractivity contribution in [1.82, 2.24) is 5.32 Å². The lowest BCUT2D eigenvalue weighted by Crippen LogP contribution is -2.30. The number of rotatable bonds is 9. The predicted octanol–water partition coefficient (Wildman–Crippen LogP) is 8.30. The first-order chi connectivity index (χ1) is 21.4. The number of fused-ring (bicyclic) bond motifs is 3. The van der Waals surface area contributed by atoms with Crippen molar-refractivity contribution in [1.29, 1.82) is 0 Å². The first-order valence-electron chi connectivity index (χ1n) is 14.1. The number of anilines is 1. The second kappa shape index (κ2) is 13.2. The summed E-state index contributed by atoms with van der Waals surface area (Å²) >= 11 is 7.46. The molecule has 0 aromatic heterocycles. The number of ketones is 1. The normalized spacial score (nSPS) is 11.8. The number of amides is 2. The highest BCUT2D eigenvalue weighted by Gasteiger charge is 2.20. The molecule has 6 rings (SSSR count). The number of halogens is 1. The summed E-state index contributed by atoms with van der Waals surface area (Å²) in [6.07, 6.45) is 2.44. The molecule has 7 heteroatoms. The number of carbonyl (C=O) groups is 3. The van der Waals surface area contributed by atoms with Gasteiger partial charge in [0.2, 0.25) is 0 Å². The Balaban J connectivity index is 1.09. The molecule has 5 nitrogen and oxygen atoms in total. The molecule has 2 N–H and O–H groups in total. The average molecular weight is 615 g/mol. The van der Waals surface area contributed by atoms with Gasteiger partial charge >= 0.3 is 0 Å². The van der Waals surface area contributed by atoms with Crippen LogP contribution < -0.4 is 10.6 Å². The van der Waals surface area contributed by atoms with Gasteiger partial charge in [0.15, 0.2) is 5.78 Å². The van der Waals surface area contributed by atoms with Crippen LogP contribution in [0.2, 0.25) is 5.02 Å². The van der Waals surface area contributed by atoms with Gasteiger partial charge in [-0.05, 0) is 94.9 Å². The van der Waals surface area contributed by atoms with Crippen LogP contribution in [0.4, 0.5) is 5.69 Å². The summed E-state index contributed by atoms with van der Waals surface area (Å²) in [6, 6.07) is 37.2. The van der Waals surface area contributed by atoms with Crippen molar-refractivity contribution in [3.63, 3.8) is 0 Å². The van der Waals surface area contributed by atoms with E-state index in [0.29, 0.717) is 33.2 Å². The van der Waals surface area contributed by atoms with E-state index in [1.54, 1.807) is 66.7 Å². The smallest absolute Gasteiger partial charge is 0.272 e. The zero-order valence-corrected chi connectivity index (χ0v) is 25.1. The van der Waals surface area contributed by atoms with E-state index < -0.39 is 11.8 Å². The molecule has 216 valence electrons. The van der Waals surface area contributed by atoms with Crippen LogP contribution in [0.3, 0.4) is 0 Å². The zero-order chi connectivity index (χ0) is 30.5. The maximum absolute atomic E-state index is 13.3. The lowest BCUT2D eigenvalue weighted by atomic mass is 10.0. The summed E-state index contributed by atoms with van der Waals surface area (Å²) in [7, 11) is 0.